The summed E-state index contributed by atoms with van der Waals surface area (Å²) in [6, 6.07) is 0. The lowest BCUT2D eigenvalue weighted by Crippen LogP contribution is -2.45. The highest BCUT2D eigenvalue weighted by Crippen LogP contribution is 2.63. The van der Waals surface area contributed by atoms with Gasteiger partial charge in [0.05, 0.1) is 11.2 Å². The van der Waals surface area contributed by atoms with Crippen molar-refractivity contribution in [2.24, 2.45) is 40.9 Å². The molecule has 0 aromatic rings. The molecule has 3 saturated carbocycles. The molecule has 3 aliphatic rings. The number of hydrogen-bond acceptors (Lipinski definition) is 2. The van der Waals surface area contributed by atoms with E-state index < -0.39 is 11.2 Å². The normalized spacial score (nSPS) is 44.0. The van der Waals surface area contributed by atoms with E-state index in [4.69, 9.17) is 0 Å². The molecular formula is C28H50O2. The van der Waals surface area contributed by atoms with E-state index in [1.54, 1.807) is 0 Å². The molecule has 0 saturated heterocycles. The summed E-state index contributed by atoms with van der Waals surface area (Å²) in [5.41, 5.74) is -0.597. The van der Waals surface area contributed by atoms with Crippen molar-refractivity contribution in [1.82, 2.24) is 0 Å². The Bertz CT molecular complexity index is 574. The maximum absolute atomic E-state index is 10.7. The summed E-state index contributed by atoms with van der Waals surface area (Å²) < 4.78 is 0. The zero-order valence-corrected chi connectivity index (χ0v) is 20.6. The number of fused-ring (bicyclic) bond motifs is 3. The van der Waals surface area contributed by atoms with E-state index in [0.717, 1.165) is 55.3 Å². The molecule has 3 rings (SSSR count). The minimum Gasteiger partial charge on any atom is -0.390 e. The van der Waals surface area contributed by atoms with Crippen LogP contribution in [0.4, 0.5) is 0 Å². The maximum atomic E-state index is 10.7. The SMILES string of the molecule is C=C[C@H](CCC(C)(C)O)[C@H]1CCC2C3CCCC[C@](C)(O)CC[C@H](C)C3CC[C@@]21C. The Hall–Kier alpha value is -0.340. The minimum atomic E-state index is -0.579. The van der Waals surface area contributed by atoms with Crippen LogP contribution in [-0.4, -0.2) is 21.4 Å². The van der Waals surface area contributed by atoms with Crippen LogP contribution >= 0.6 is 0 Å². The van der Waals surface area contributed by atoms with E-state index in [1.807, 2.05) is 13.8 Å². The van der Waals surface area contributed by atoms with Gasteiger partial charge in [0.15, 0.2) is 0 Å². The molecule has 3 fully saturated rings. The monoisotopic (exact) mass is 418 g/mol. The van der Waals surface area contributed by atoms with E-state index in [0.29, 0.717) is 11.3 Å². The van der Waals surface area contributed by atoms with Crippen LogP contribution in [0.3, 0.4) is 0 Å². The van der Waals surface area contributed by atoms with Gasteiger partial charge in [-0.05, 0) is 126 Å². The predicted molar refractivity (Wildman–Crippen MR) is 127 cm³/mol. The largest absolute Gasteiger partial charge is 0.390 e. The van der Waals surface area contributed by atoms with Crippen molar-refractivity contribution in [2.45, 2.75) is 123 Å². The molecule has 8 atom stereocenters. The summed E-state index contributed by atoms with van der Waals surface area (Å²) in [5, 5.41) is 21.0. The Kier molecular flexibility index (Phi) is 7.50. The zero-order chi connectivity index (χ0) is 22.2. The highest BCUT2D eigenvalue weighted by molar-refractivity contribution is 5.07. The molecule has 2 heteroatoms. The molecule has 0 amide bonds. The molecule has 30 heavy (non-hydrogen) atoms. The molecule has 3 aliphatic carbocycles. The van der Waals surface area contributed by atoms with Gasteiger partial charge in [0.2, 0.25) is 0 Å². The second-order valence-corrected chi connectivity index (χ2v) is 12.7. The number of aliphatic hydroxyl groups is 2. The van der Waals surface area contributed by atoms with Crippen molar-refractivity contribution >= 4 is 0 Å². The third-order valence-electron chi connectivity index (χ3n) is 9.85. The fourth-order valence-corrected chi connectivity index (χ4v) is 7.95. The van der Waals surface area contributed by atoms with Gasteiger partial charge in [-0.1, -0.05) is 32.8 Å². The molecule has 0 spiro atoms. The van der Waals surface area contributed by atoms with E-state index in [-0.39, 0.29) is 0 Å². The Morgan fingerprint density at radius 1 is 1.00 bits per heavy atom. The second kappa shape index (κ2) is 9.26. The van der Waals surface area contributed by atoms with Crippen LogP contribution in [0.2, 0.25) is 0 Å². The van der Waals surface area contributed by atoms with Crippen LogP contribution in [0.15, 0.2) is 12.7 Å². The molecule has 0 aromatic carbocycles. The first-order valence-electron chi connectivity index (χ1n) is 13.0. The number of allylic oxidation sites excluding steroid dienone is 1. The van der Waals surface area contributed by atoms with E-state index >= 15 is 0 Å². The van der Waals surface area contributed by atoms with Crippen molar-refractivity contribution in [3.05, 3.63) is 12.7 Å². The van der Waals surface area contributed by atoms with Crippen LogP contribution < -0.4 is 0 Å². The summed E-state index contributed by atoms with van der Waals surface area (Å²) in [5.74, 6) is 4.56. The van der Waals surface area contributed by atoms with Crippen molar-refractivity contribution in [1.29, 1.82) is 0 Å². The predicted octanol–water partition coefficient (Wildman–Crippen LogP) is 7.14. The molecule has 0 aliphatic heterocycles. The van der Waals surface area contributed by atoms with Gasteiger partial charge in [-0.25, -0.2) is 0 Å². The third-order valence-corrected chi connectivity index (χ3v) is 9.85. The molecule has 0 radical (unpaired) electrons. The van der Waals surface area contributed by atoms with Gasteiger partial charge < -0.3 is 10.2 Å². The standard InChI is InChI=1S/C28H50O2/c1-7-21(14-17-26(3,4)29)24-11-12-25-23-10-8-9-16-27(5,30)18-13-20(2)22(23)15-19-28(24,25)6/h7,20-25,29-30H,1,8-19H2,2-6H3/t20-,21+,22?,23?,24+,25?,27-,28+/m0/s1. The summed E-state index contributed by atoms with van der Waals surface area (Å²) in [7, 11) is 0. The van der Waals surface area contributed by atoms with Gasteiger partial charge in [-0.3, -0.25) is 0 Å². The topological polar surface area (TPSA) is 40.5 Å². The second-order valence-electron chi connectivity index (χ2n) is 12.7. The number of rotatable bonds is 5. The van der Waals surface area contributed by atoms with Crippen LogP contribution in [0.5, 0.6) is 0 Å². The smallest absolute Gasteiger partial charge is 0.0619 e. The molecule has 2 nitrogen and oxygen atoms in total. The Morgan fingerprint density at radius 3 is 2.40 bits per heavy atom. The quantitative estimate of drug-likeness (QED) is 0.466. The average Bonchev–Trinajstić information content (AvgIpc) is 3.00. The first kappa shape index (κ1) is 24.3. The fourth-order valence-electron chi connectivity index (χ4n) is 7.95. The Morgan fingerprint density at radius 2 is 1.73 bits per heavy atom. The molecule has 0 aromatic heterocycles. The van der Waals surface area contributed by atoms with E-state index in [2.05, 4.69) is 33.4 Å². The van der Waals surface area contributed by atoms with Gasteiger partial charge in [0.1, 0.15) is 0 Å². The summed E-state index contributed by atoms with van der Waals surface area (Å²) in [6.45, 7) is 15.2. The molecule has 2 N–H and O–H groups in total. The van der Waals surface area contributed by atoms with Gasteiger partial charge in [0.25, 0.3) is 0 Å². The van der Waals surface area contributed by atoms with Crippen LogP contribution in [0.25, 0.3) is 0 Å². The lowest BCUT2D eigenvalue weighted by molar-refractivity contribution is -0.0363. The van der Waals surface area contributed by atoms with Crippen LogP contribution in [0.1, 0.15) is 112 Å². The molecule has 0 heterocycles. The zero-order valence-electron chi connectivity index (χ0n) is 20.6. The fraction of sp³-hybridized carbons (Fsp3) is 0.929. The van der Waals surface area contributed by atoms with Gasteiger partial charge in [-0.2, -0.15) is 0 Å². The average molecular weight is 419 g/mol. The van der Waals surface area contributed by atoms with Crippen molar-refractivity contribution in [3.8, 4) is 0 Å². The first-order chi connectivity index (χ1) is 14.0. The van der Waals surface area contributed by atoms with Crippen LogP contribution in [-0.2, 0) is 0 Å². The van der Waals surface area contributed by atoms with Crippen molar-refractivity contribution < 1.29 is 10.2 Å². The van der Waals surface area contributed by atoms with Crippen molar-refractivity contribution in [3.63, 3.8) is 0 Å². The maximum Gasteiger partial charge on any atom is 0.0619 e. The van der Waals surface area contributed by atoms with E-state index in [9.17, 15) is 10.2 Å². The summed E-state index contributed by atoms with van der Waals surface area (Å²) >= 11 is 0. The lowest BCUT2D eigenvalue weighted by atomic mass is 9.53. The van der Waals surface area contributed by atoms with E-state index in [1.165, 1.54) is 51.4 Å². The lowest BCUT2D eigenvalue weighted by Gasteiger charge is -2.52. The highest BCUT2D eigenvalue weighted by Gasteiger charge is 2.55. The Labute approximate surface area is 186 Å². The van der Waals surface area contributed by atoms with Crippen molar-refractivity contribution in [2.75, 3.05) is 0 Å². The molecule has 174 valence electrons. The molecular weight excluding hydrogens is 368 g/mol. The van der Waals surface area contributed by atoms with Crippen LogP contribution in [0, 0.1) is 40.9 Å². The molecule has 3 unspecified atom stereocenters. The Balaban J connectivity index is 1.76. The first-order valence-corrected chi connectivity index (χ1v) is 13.0. The minimum absolute atomic E-state index is 0.439. The summed E-state index contributed by atoms with van der Waals surface area (Å²) in [6.07, 6.45) is 16.6. The number of hydrogen-bond donors (Lipinski definition) is 2. The molecule has 0 bridgehead atoms. The highest BCUT2D eigenvalue weighted by atomic mass is 16.3. The van der Waals surface area contributed by atoms with Gasteiger partial charge in [0, 0.05) is 0 Å². The van der Waals surface area contributed by atoms with Gasteiger partial charge in [-0.15, -0.1) is 6.58 Å². The third kappa shape index (κ3) is 5.34. The van der Waals surface area contributed by atoms with Gasteiger partial charge >= 0.3 is 0 Å². The summed E-state index contributed by atoms with van der Waals surface area (Å²) in [4.78, 5) is 0.